The molecule has 0 aliphatic carbocycles. The fraction of sp³-hybridized carbons (Fsp3) is 0.462. The summed E-state index contributed by atoms with van der Waals surface area (Å²) in [5.41, 5.74) is 2.46. The molecule has 6 heteroatoms. The lowest BCUT2D eigenvalue weighted by atomic mass is 10.0. The van der Waals surface area contributed by atoms with Crippen LogP contribution in [0.5, 0.6) is 0 Å². The predicted molar refractivity (Wildman–Crippen MR) is 70.1 cm³/mol. The van der Waals surface area contributed by atoms with Crippen LogP contribution in [0.1, 0.15) is 23.2 Å². The van der Waals surface area contributed by atoms with Crippen LogP contribution in [0, 0.1) is 11.7 Å². The molecule has 0 atom stereocenters. The van der Waals surface area contributed by atoms with E-state index in [9.17, 15) is 9.18 Å². The topological polar surface area (TPSA) is 76.4 Å². The minimum atomic E-state index is -0.541. The molecule has 4 N–H and O–H groups in total. The molecule has 1 amide bonds. The monoisotopic (exact) mass is 267 g/mol. The molecule has 104 valence electrons. The number of carbonyl (C=O) groups excluding carboxylic acids is 1. The number of benzene rings is 1. The zero-order valence-corrected chi connectivity index (χ0v) is 10.6. The Morgan fingerprint density at radius 1 is 1.42 bits per heavy atom. The van der Waals surface area contributed by atoms with Crippen molar-refractivity contribution < 1.29 is 13.9 Å². The Balaban J connectivity index is 1.97. The molecule has 1 saturated heterocycles. The minimum absolute atomic E-state index is 0.0203. The van der Waals surface area contributed by atoms with Gasteiger partial charge in [0, 0.05) is 19.8 Å². The molecule has 1 aromatic rings. The van der Waals surface area contributed by atoms with Gasteiger partial charge in [0.15, 0.2) is 0 Å². The van der Waals surface area contributed by atoms with Crippen molar-refractivity contribution >= 4 is 11.6 Å². The number of halogens is 1. The highest BCUT2D eigenvalue weighted by molar-refractivity contribution is 5.99. The van der Waals surface area contributed by atoms with E-state index in [1.807, 2.05) is 0 Å². The van der Waals surface area contributed by atoms with Gasteiger partial charge in [0.05, 0.1) is 11.3 Å². The summed E-state index contributed by atoms with van der Waals surface area (Å²) < 4.78 is 18.7. The van der Waals surface area contributed by atoms with E-state index in [-0.39, 0.29) is 17.2 Å². The Hall–Kier alpha value is -1.66. The number of rotatable bonds is 4. The summed E-state index contributed by atoms with van der Waals surface area (Å²) >= 11 is 0. The number of nitrogen functional groups attached to an aromatic ring is 1. The fourth-order valence-electron chi connectivity index (χ4n) is 2.14. The summed E-state index contributed by atoms with van der Waals surface area (Å²) in [7, 11) is 0. The molecule has 0 saturated carbocycles. The second-order valence-corrected chi connectivity index (χ2v) is 4.57. The lowest BCUT2D eigenvalue weighted by molar-refractivity contribution is 0.0643. The first-order valence-electron chi connectivity index (χ1n) is 6.33. The first-order chi connectivity index (χ1) is 9.22. The number of hydrazine groups is 1. The summed E-state index contributed by atoms with van der Waals surface area (Å²) in [6, 6.07) is 4.28. The maximum absolute atomic E-state index is 13.5. The lowest BCUT2D eigenvalue weighted by Gasteiger charge is -2.22. The number of ether oxygens (including phenoxy) is 1. The SMILES string of the molecule is NNc1c(F)cccc1C(=O)NCC1CCOCC1. The molecular formula is C13H18FN3O2. The van der Waals surface area contributed by atoms with Crippen molar-refractivity contribution in [2.24, 2.45) is 11.8 Å². The van der Waals surface area contributed by atoms with Crippen molar-refractivity contribution in [3.63, 3.8) is 0 Å². The van der Waals surface area contributed by atoms with Gasteiger partial charge in [-0.1, -0.05) is 6.07 Å². The van der Waals surface area contributed by atoms with Gasteiger partial charge in [-0.25, -0.2) is 4.39 Å². The van der Waals surface area contributed by atoms with Gasteiger partial charge in [-0.2, -0.15) is 0 Å². The maximum Gasteiger partial charge on any atom is 0.253 e. The normalized spacial score (nSPS) is 16.1. The fourth-order valence-corrected chi connectivity index (χ4v) is 2.14. The molecule has 0 aromatic heterocycles. The molecule has 0 bridgehead atoms. The van der Waals surface area contributed by atoms with E-state index >= 15 is 0 Å². The number of para-hydroxylation sites is 1. The van der Waals surface area contributed by atoms with Crippen molar-refractivity contribution in [1.82, 2.24) is 5.32 Å². The first-order valence-corrected chi connectivity index (χ1v) is 6.33. The number of carbonyl (C=O) groups is 1. The van der Waals surface area contributed by atoms with Crippen molar-refractivity contribution in [2.45, 2.75) is 12.8 Å². The Labute approximate surface area is 111 Å². The van der Waals surface area contributed by atoms with Crippen molar-refractivity contribution in [1.29, 1.82) is 0 Å². The lowest BCUT2D eigenvalue weighted by Crippen LogP contribution is -2.32. The van der Waals surface area contributed by atoms with Crippen LogP contribution in [0.15, 0.2) is 18.2 Å². The molecule has 1 fully saturated rings. The van der Waals surface area contributed by atoms with Crippen LogP contribution >= 0.6 is 0 Å². The highest BCUT2D eigenvalue weighted by atomic mass is 19.1. The molecule has 2 rings (SSSR count). The predicted octanol–water partition coefficient (Wildman–Crippen LogP) is 1.27. The van der Waals surface area contributed by atoms with Crippen molar-refractivity contribution in [3.05, 3.63) is 29.6 Å². The molecule has 0 unspecified atom stereocenters. The van der Waals surface area contributed by atoms with Crippen molar-refractivity contribution in [2.75, 3.05) is 25.2 Å². The number of amides is 1. The second-order valence-electron chi connectivity index (χ2n) is 4.57. The number of nitrogens with two attached hydrogens (primary N) is 1. The Kier molecular flexibility index (Phi) is 4.70. The van der Waals surface area contributed by atoms with Crippen LogP contribution in [0.4, 0.5) is 10.1 Å². The zero-order chi connectivity index (χ0) is 13.7. The van der Waals surface area contributed by atoms with E-state index in [2.05, 4.69) is 10.7 Å². The highest BCUT2D eigenvalue weighted by Crippen LogP contribution is 2.19. The standard InChI is InChI=1S/C13H18FN3O2/c14-11-3-1-2-10(12(11)17-15)13(18)16-8-9-4-6-19-7-5-9/h1-3,9,17H,4-8,15H2,(H,16,18). The van der Waals surface area contributed by atoms with Gasteiger partial charge in [-0.05, 0) is 30.9 Å². The Bertz CT molecular complexity index is 448. The maximum atomic E-state index is 13.5. The van der Waals surface area contributed by atoms with Gasteiger partial charge in [0.25, 0.3) is 5.91 Å². The van der Waals surface area contributed by atoms with Crippen LogP contribution in [0.3, 0.4) is 0 Å². The van der Waals surface area contributed by atoms with Gasteiger partial charge in [0.2, 0.25) is 0 Å². The third-order valence-corrected chi connectivity index (χ3v) is 3.29. The summed E-state index contributed by atoms with van der Waals surface area (Å²) in [5, 5.41) is 2.81. The summed E-state index contributed by atoms with van der Waals surface area (Å²) in [4.78, 5) is 12.0. The average molecular weight is 267 g/mol. The molecule has 1 aliphatic heterocycles. The molecule has 1 heterocycles. The molecule has 19 heavy (non-hydrogen) atoms. The van der Waals surface area contributed by atoms with Crippen LogP contribution in [0.2, 0.25) is 0 Å². The number of anilines is 1. The molecule has 5 nitrogen and oxygen atoms in total. The third kappa shape index (κ3) is 3.42. The smallest absolute Gasteiger partial charge is 0.253 e. The van der Waals surface area contributed by atoms with Crippen LogP contribution in [-0.4, -0.2) is 25.7 Å². The number of nitrogens with one attached hydrogen (secondary N) is 2. The van der Waals surface area contributed by atoms with Gasteiger partial charge in [-0.3, -0.25) is 10.6 Å². The number of hydrogen-bond acceptors (Lipinski definition) is 4. The quantitative estimate of drug-likeness (QED) is 0.567. The van der Waals surface area contributed by atoms with Crippen LogP contribution < -0.4 is 16.6 Å². The van der Waals surface area contributed by atoms with Crippen LogP contribution in [-0.2, 0) is 4.74 Å². The zero-order valence-electron chi connectivity index (χ0n) is 10.6. The van der Waals surface area contributed by atoms with Gasteiger partial charge in [-0.15, -0.1) is 0 Å². The third-order valence-electron chi connectivity index (χ3n) is 3.29. The first kappa shape index (κ1) is 13.8. The van der Waals surface area contributed by atoms with E-state index in [0.29, 0.717) is 12.5 Å². The Morgan fingerprint density at radius 2 is 2.16 bits per heavy atom. The van der Waals surface area contributed by atoms with E-state index in [0.717, 1.165) is 26.1 Å². The molecule has 0 spiro atoms. The average Bonchev–Trinajstić information content (AvgIpc) is 2.45. The van der Waals surface area contributed by atoms with E-state index in [1.54, 1.807) is 0 Å². The van der Waals surface area contributed by atoms with Gasteiger partial charge < -0.3 is 15.5 Å². The van der Waals surface area contributed by atoms with E-state index in [4.69, 9.17) is 10.6 Å². The van der Waals surface area contributed by atoms with Gasteiger partial charge >= 0.3 is 0 Å². The van der Waals surface area contributed by atoms with Gasteiger partial charge in [0.1, 0.15) is 5.82 Å². The summed E-state index contributed by atoms with van der Waals surface area (Å²) in [6.45, 7) is 2.04. The minimum Gasteiger partial charge on any atom is -0.381 e. The molecule has 1 aliphatic rings. The molecular weight excluding hydrogens is 249 g/mol. The largest absolute Gasteiger partial charge is 0.381 e. The number of hydrogen-bond donors (Lipinski definition) is 3. The Morgan fingerprint density at radius 3 is 2.84 bits per heavy atom. The summed E-state index contributed by atoms with van der Waals surface area (Å²) in [6.07, 6.45) is 1.87. The summed E-state index contributed by atoms with van der Waals surface area (Å²) in [5.74, 6) is 4.80. The van der Waals surface area contributed by atoms with Crippen LogP contribution in [0.25, 0.3) is 0 Å². The molecule has 1 aromatic carbocycles. The van der Waals surface area contributed by atoms with E-state index in [1.165, 1.54) is 18.2 Å². The second kappa shape index (κ2) is 6.49. The van der Waals surface area contributed by atoms with E-state index < -0.39 is 5.82 Å². The highest BCUT2D eigenvalue weighted by Gasteiger charge is 2.17. The van der Waals surface area contributed by atoms with Crippen molar-refractivity contribution in [3.8, 4) is 0 Å². The molecule has 0 radical (unpaired) electrons.